The monoisotopic (exact) mass is 396 g/mol. The molecule has 0 saturated heterocycles. The fourth-order valence-electron chi connectivity index (χ4n) is 3.08. The van der Waals surface area contributed by atoms with E-state index in [1.54, 1.807) is 6.07 Å². The summed E-state index contributed by atoms with van der Waals surface area (Å²) in [5.41, 5.74) is 3.91. The molecule has 2 heterocycles. The summed E-state index contributed by atoms with van der Waals surface area (Å²) in [5.74, 6) is 0.924. The minimum atomic E-state index is 0.154. The van der Waals surface area contributed by atoms with Crippen molar-refractivity contribution in [1.82, 2.24) is 14.5 Å². The van der Waals surface area contributed by atoms with Gasteiger partial charge in [0.15, 0.2) is 5.82 Å². The van der Waals surface area contributed by atoms with E-state index in [1.165, 1.54) is 0 Å². The number of nitrogens with one attached hydrogen (secondary N) is 3. The van der Waals surface area contributed by atoms with Gasteiger partial charge < -0.3 is 30.8 Å². The number of anilines is 4. The van der Waals surface area contributed by atoms with Crippen molar-refractivity contribution in [2.75, 3.05) is 49.7 Å². The molecule has 0 amide bonds. The highest BCUT2D eigenvalue weighted by molar-refractivity contribution is 5.90. The van der Waals surface area contributed by atoms with Gasteiger partial charge in [-0.25, -0.2) is 4.52 Å². The van der Waals surface area contributed by atoms with Gasteiger partial charge in [-0.3, -0.25) is 0 Å². The molecule has 0 saturated carbocycles. The van der Waals surface area contributed by atoms with E-state index < -0.39 is 0 Å². The first-order valence-corrected chi connectivity index (χ1v) is 9.63. The third-order valence-corrected chi connectivity index (χ3v) is 4.59. The summed E-state index contributed by atoms with van der Waals surface area (Å²) in [7, 11) is 4.11. The molecule has 0 bridgehead atoms. The summed E-state index contributed by atoms with van der Waals surface area (Å²) >= 11 is 0. The molecule has 8 heteroatoms. The molecule has 154 valence electrons. The first-order chi connectivity index (χ1) is 14.0. The molecule has 8 nitrogen and oxygen atoms in total. The van der Waals surface area contributed by atoms with Crippen molar-refractivity contribution in [2.45, 2.75) is 13.3 Å². The summed E-state index contributed by atoms with van der Waals surface area (Å²) in [4.78, 5) is 13.0. The number of phenols is 1. The minimum absolute atomic E-state index is 0.154. The SMILES string of the molecule is Cc1cc(Nc2c(NCCCN(C)C)nn3ccccc23)c(NCC=O)cc1O. The summed E-state index contributed by atoms with van der Waals surface area (Å²) in [6.45, 7) is 3.77. The number of carbonyl (C=O) groups is 1. The maximum Gasteiger partial charge on any atom is 0.172 e. The maximum absolute atomic E-state index is 10.8. The van der Waals surface area contributed by atoms with Crippen LogP contribution in [0.3, 0.4) is 0 Å². The van der Waals surface area contributed by atoms with Crippen molar-refractivity contribution in [2.24, 2.45) is 0 Å². The van der Waals surface area contributed by atoms with Crippen LogP contribution in [-0.2, 0) is 4.79 Å². The molecule has 0 aliphatic rings. The zero-order chi connectivity index (χ0) is 20.8. The number of aryl methyl sites for hydroxylation is 1. The third-order valence-electron chi connectivity index (χ3n) is 4.59. The van der Waals surface area contributed by atoms with E-state index in [1.807, 2.05) is 41.9 Å². The number of carbonyl (C=O) groups excluding carboxylic acids is 1. The van der Waals surface area contributed by atoms with Crippen LogP contribution in [0.2, 0.25) is 0 Å². The third kappa shape index (κ3) is 4.97. The number of benzene rings is 1. The molecule has 0 atom stereocenters. The molecule has 0 aliphatic heterocycles. The second-order valence-electron chi connectivity index (χ2n) is 7.19. The number of aldehydes is 1. The number of pyridine rings is 1. The summed E-state index contributed by atoms with van der Waals surface area (Å²) in [5, 5.41) is 24.6. The normalized spacial score (nSPS) is 11.0. The summed E-state index contributed by atoms with van der Waals surface area (Å²) < 4.78 is 1.82. The molecule has 0 aliphatic carbocycles. The van der Waals surface area contributed by atoms with E-state index >= 15 is 0 Å². The first-order valence-electron chi connectivity index (χ1n) is 9.63. The molecule has 0 unspecified atom stereocenters. The van der Waals surface area contributed by atoms with E-state index in [9.17, 15) is 9.90 Å². The number of hydrogen-bond donors (Lipinski definition) is 4. The van der Waals surface area contributed by atoms with Gasteiger partial charge in [0.25, 0.3) is 0 Å². The molecule has 2 aromatic heterocycles. The molecule has 29 heavy (non-hydrogen) atoms. The summed E-state index contributed by atoms with van der Waals surface area (Å²) in [6, 6.07) is 9.36. The van der Waals surface area contributed by atoms with Gasteiger partial charge in [0.05, 0.1) is 23.4 Å². The van der Waals surface area contributed by atoms with Crippen molar-refractivity contribution in [3.63, 3.8) is 0 Å². The van der Waals surface area contributed by atoms with Crippen LogP contribution in [0.4, 0.5) is 22.9 Å². The number of fused-ring (bicyclic) bond motifs is 1. The lowest BCUT2D eigenvalue weighted by Gasteiger charge is -2.16. The average molecular weight is 396 g/mol. The van der Waals surface area contributed by atoms with Crippen LogP contribution < -0.4 is 16.0 Å². The predicted molar refractivity (Wildman–Crippen MR) is 118 cm³/mol. The van der Waals surface area contributed by atoms with Crippen molar-refractivity contribution in [3.8, 4) is 5.75 Å². The predicted octanol–water partition coefficient (Wildman–Crippen LogP) is 3.07. The van der Waals surface area contributed by atoms with Gasteiger partial charge in [-0.1, -0.05) is 6.07 Å². The number of rotatable bonds is 10. The average Bonchev–Trinajstić information content (AvgIpc) is 3.04. The zero-order valence-electron chi connectivity index (χ0n) is 17.1. The number of phenolic OH excluding ortho intramolecular Hbond substituents is 1. The molecule has 4 N–H and O–H groups in total. The Morgan fingerprint density at radius 1 is 1.21 bits per heavy atom. The molecule has 3 rings (SSSR count). The Morgan fingerprint density at radius 2 is 2.03 bits per heavy atom. The zero-order valence-corrected chi connectivity index (χ0v) is 17.1. The fourth-order valence-corrected chi connectivity index (χ4v) is 3.08. The Labute approximate surface area is 170 Å². The molecule has 1 aromatic carbocycles. The highest BCUT2D eigenvalue weighted by Gasteiger charge is 2.15. The molecule has 0 radical (unpaired) electrons. The Morgan fingerprint density at radius 3 is 2.79 bits per heavy atom. The van der Waals surface area contributed by atoms with Gasteiger partial charge in [0.1, 0.15) is 17.7 Å². The Hall–Kier alpha value is -3.26. The molecular weight excluding hydrogens is 368 g/mol. The van der Waals surface area contributed by atoms with Crippen LogP contribution in [-0.4, -0.2) is 59.6 Å². The van der Waals surface area contributed by atoms with Crippen LogP contribution in [0.1, 0.15) is 12.0 Å². The highest BCUT2D eigenvalue weighted by atomic mass is 16.3. The highest BCUT2D eigenvalue weighted by Crippen LogP contribution is 2.36. The van der Waals surface area contributed by atoms with Crippen molar-refractivity contribution in [1.29, 1.82) is 0 Å². The summed E-state index contributed by atoms with van der Waals surface area (Å²) in [6.07, 6.45) is 3.68. The topological polar surface area (TPSA) is 93.9 Å². The Bertz CT molecular complexity index is 983. The van der Waals surface area contributed by atoms with Crippen LogP contribution in [0.15, 0.2) is 36.5 Å². The molecule has 0 fully saturated rings. The molecule has 3 aromatic rings. The molecule has 0 spiro atoms. The molecular formula is C21H28N6O2. The fraction of sp³-hybridized carbons (Fsp3) is 0.333. The largest absolute Gasteiger partial charge is 0.508 e. The smallest absolute Gasteiger partial charge is 0.172 e. The van der Waals surface area contributed by atoms with Gasteiger partial charge in [-0.05, 0) is 57.7 Å². The van der Waals surface area contributed by atoms with E-state index in [0.717, 1.165) is 54.1 Å². The lowest BCUT2D eigenvalue weighted by atomic mass is 10.1. The van der Waals surface area contributed by atoms with Crippen LogP contribution in [0.5, 0.6) is 5.75 Å². The Kier molecular flexibility index (Phi) is 6.56. The number of nitrogens with zero attached hydrogens (tertiary/aromatic N) is 3. The van der Waals surface area contributed by atoms with Crippen LogP contribution in [0.25, 0.3) is 5.52 Å². The van der Waals surface area contributed by atoms with Gasteiger partial charge in [0, 0.05) is 18.8 Å². The van der Waals surface area contributed by atoms with E-state index in [0.29, 0.717) is 5.69 Å². The standard InChI is InChI=1S/C21H28N6O2/c1-15-13-17(16(14-19(15)29)22-9-12-28)24-20-18-7-4-5-11-27(18)25-21(20)23-8-6-10-26(2)3/h4-5,7,11-14,22,24,29H,6,8-10H2,1-3H3,(H,23,25). The first kappa shape index (κ1) is 20.5. The van der Waals surface area contributed by atoms with Crippen LogP contribution >= 0.6 is 0 Å². The number of aromatic nitrogens is 2. The Balaban J connectivity index is 1.93. The van der Waals surface area contributed by atoms with E-state index in [-0.39, 0.29) is 12.3 Å². The second-order valence-corrected chi connectivity index (χ2v) is 7.19. The van der Waals surface area contributed by atoms with Crippen molar-refractivity contribution < 1.29 is 9.90 Å². The lowest BCUT2D eigenvalue weighted by Crippen LogP contribution is -2.16. The van der Waals surface area contributed by atoms with Gasteiger partial charge in [-0.2, -0.15) is 0 Å². The van der Waals surface area contributed by atoms with Gasteiger partial charge in [-0.15, -0.1) is 5.10 Å². The van der Waals surface area contributed by atoms with Crippen molar-refractivity contribution in [3.05, 3.63) is 42.1 Å². The maximum atomic E-state index is 10.8. The number of aromatic hydroxyl groups is 1. The van der Waals surface area contributed by atoms with Crippen LogP contribution in [0, 0.1) is 6.92 Å². The second kappa shape index (κ2) is 9.29. The van der Waals surface area contributed by atoms with E-state index in [2.05, 4.69) is 40.0 Å². The van der Waals surface area contributed by atoms with Gasteiger partial charge in [0.2, 0.25) is 0 Å². The minimum Gasteiger partial charge on any atom is -0.508 e. The van der Waals surface area contributed by atoms with Crippen molar-refractivity contribution >= 4 is 34.7 Å². The van der Waals surface area contributed by atoms with E-state index in [4.69, 9.17) is 0 Å². The number of hydrogen-bond acceptors (Lipinski definition) is 7. The lowest BCUT2D eigenvalue weighted by molar-refractivity contribution is -0.106. The quantitative estimate of drug-likeness (QED) is 0.238. The van der Waals surface area contributed by atoms with Gasteiger partial charge >= 0.3 is 0 Å².